The molecule has 0 spiro atoms. The van der Waals surface area contributed by atoms with Crippen LogP contribution in [0.2, 0.25) is 0 Å². The van der Waals surface area contributed by atoms with Crippen LogP contribution in [0.4, 0.5) is 0 Å². The third-order valence-electron chi connectivity index (χ3n) is 4.30. The SMILES string of the molecule is CCCNC1CCC(C(C)C)CC1OCCOC(C)C. The van der Waals surface area contributed by atoms with E-state index in [1.54, 1.807) is 0 Å². The first-order valence-electron chi connectivity index (χ1n) is 8.51. The van der Waals surface area contributed by atoms with E-state index in [9.17, 15) is 0 Å². The molecule has 1 aliphatic carbocycles. The van der Waals surface area contributed by atoms with Gasteiger partial charge >= 0.3 is 0 Å². The first kappa shape index (κ1) is 17.9. The van der Waals surface area contributed by atoms with Crippen LogP contribution in [-0.4, -0.2) is 38.0 Å². The standard InChI is InChI=1S/C17H35NO2/c1-6-9-18-16-8-7-15(13(2)3)12-17(16)20-11-10-19-14(4)5/h13-18H,6-12H2,1-5H3. The third kappa shape index (κ3) is 6.55. The molecule has 1 aliphatic rings. The van der Waals surface area contributed by atoms with E-state index in [1.807, 2.05) is 0 Å². The Morgan fingerprint density at radius 2 is 1.85 bits per heavy atom. The maximum atomic E-state index is 6.14. The predicted molar refractivity (Wildman–Crippen MR) is 85.1 cm³/mol. The number of hydrogen-bond donors (Lipinski definition) is 1. The summed E-state index contributed by atoms with van der Waals surface area (Å²) in [6.45, 7) is 13.6. The topological polar surface area (TPSA) is 30.5 Å². The molecule has 0 aliphatic heterocycles. The molecule has 0 bridgehead atoms. The maximum Gasteiger partial charge on any atom is 0.0731 e. The minimum atomic E-state index is 0.294. The molecule has 3 unspecified atom stereocenters. The van der Waals surface area contributed by atoms with Crippen LogP contribution in [0.3, 0.4) is 0 Å². The molecule has 0 radical (unpaired) electrons. The lowest BCUT2D eigenvalue weighted by atomic mass is 9.78. The first-order valence-corrected chi connectivity index (χ1v) is 8.51. The summed E-state index contributed by atoms with van der Waals surface area (Å²) in [6, 6.07) is 0.531. The Morgan fingerprint density at radius 1 is 1.10 bits per heavy atom. The molecule has 20 heavy (non-hydrogen) atoms. The number of nitrogens with one attached hydrogen (secondary N) is 1. The highest BCUT2D eigenvalue weighted by atomic mass is 16.5. The van der Waals surface area contributed by atoms with Crippen molar-refractivity contribution in [2.45, 2.75) is 78.6 Å². The second kappa shape index (κ2) is 9.75. The van der Waals surface area contributed by atoms with E-state index in [4.69, 9.17) is 9.47 Å². The summed E-state index contributed by atoms with van der Waals surface area (Å²) in [7, 11) is 0. The number of hydrogen-bond acceptors (Lipinski definition) is 3. The van der Waals surface area contributed by atoms with E-state index in [2.05, 4.69) is 39.9 Å². The van der Waals surface area contributed by atoms with Crippen molar-refractivity contribution >= 4 is 0 Å². The average Bonchev–Trinajstić information content (AvgIpc) is 2.41. The molecule has 0 saturated heterocycles. The smallest absolute Gasteiger partial charge is 0.0731 e. The summed E-state index contributed by atoms with van der Waals surface area (Å²) in [5.41, 5.74) is 0. The molecule has 1 fully saturated rings. The van der Waals surface area contributed by atoms with Crippen LogP contribution in [0.15, 0.2) is 0 Å². The van der Waals surface area contributed by atoms with Crippen molar-refractivity contribution in [3.8, 4) is 0 Å². The summed E-state index contributed by atoms with van der Waals surface area (Å²) in [4.78, 5) is 0. The van der Waals surface area contributed by atoms with Crippen molar-refractivity contribution in [3.05, 3.63) is 0 Å². The van der Waals surface area contributed by atoms with Gasteiger partial charge in [0.2, 0.25) is 0 Å². The van der Waals surface area contributed by atoms with E-state index in [0.29, 0.717) is 24.9 Å². The zero-order valence-corrected chi connectivity index (χ0v) is 14.2. The van der Waals surface area contributed by atoms with Crippen LogP contribution < -0.4 is 5.32 Å². The molecule has 1 saturated carbocycles. The van der Waals surface area contributed by atoms with E-state index < -0.39 is 0 Å². The van der Waals surface area contributed by atoms with Gasteiger partial charge in [-0.2, -0.15) is 0 Å². The van der Waals surface area contributed by atoms with Crippen LogP contribution in [0.1, 0.15) is 60.3 Å². The monoisotopic (exact) mass is 285 g/mol. The van der Waals surface area contributed by atoms with Gasteiger partial charge in [-0.1, -0.05) is 20.8 Å². The molecule has 0 aromatic rings. The summed E-state index contributed by atoms with van der Waals surface area (Å²) in [5, 5.41) is 3.66. The van der Waals surface area contributed by atoms with E-state index >= 15 is 0 Å². The van der Waals surface area contributed by atoms with Crippen LogP contribution in [0.25, 0.3) is 0 Å². The molecule has 0 aromatic heterocycles. The van der Waals surface area contributed by atoms with E-state index in [1.165, 1.54) is 25.7 Å². The maximum absolute atomic E-state index is 6.14. The first-order chi connectivity index (χ1) is 9.54. The van der Waals surface area contributed by atoms with Crippen molar-refractivity contribution in [3.63, 3.8) is 0 Å². The molecule has 0 amide bonds. The summed E-state index contributed by atoms with van der Waals surface area (Å²) in [5.74, 6) is 1.57. The van der Waals surface area contributed by atoms with Gasteiger partial charge in [-0.15, -0.1) is 0 Å². The number of rotatable bonds is 9. The van der Waals surface area contributed by atoms with Crippen LogP contribution >= 0.6 is 0 Å². The van der Waals surface area contributed by atoms with Gasteiger partial charge in [0.15, 0.2) is 0 Å². The fourth-order valence-electron chi connectivity index (χ4n) is 3.00. The van der Waals surface area contributed by atoms with Gasteiger partial charge in [-0.25, -0.2) is 0 Å². The Hall–Kier alpha value is -0.120. The van der Waals surface area contributed by atoms with Gasteiger partial charge in [0.1, 0.15) is 0 Å². The molecule has 0 heterocycles. The fraction of sp³-hybridized carbons (Fsp3) is 1.00. The highest BCUT2D eigenvalue weighted by Gasteiger charge is 2.31. The zero-order chi connectivity index (χ0) is 15.0. The van der Waals surface area contributed by atoms with Gasteiger partial charge in [0.05, 0.1) is 25.4 Å². The second-order valence-electron chi connectivity index (χ2n) is 6.71. The van der Waals surface area contributed by atoms with Gasteiger partial charge in [-0.3, -0.25) is 0 Å². The Labute approximate surface area is 125 Å². The summed E-state index contributed by atoms with van der Waals surface area (Å²) >= 11 is 0. The predicted octanol–water partition coefficient (Wildman–Crippen LogP) is 3.62. The Morgan fingerprint density at radius 3 is 2.45 bits per heavy atom. The van der Waals surface area contributed by atoms with Crippen molar-refractivity contribution in [2.24, 2.45) is 11.8 Å². The van der Waals surface area contributed by atoms with Gasteiger partial charge < -0.3 is 14.8 Å². The summed E-state index contributed by atoms with van der Waals surface area (Å²) in [6.07, 6.45) is 5.62. The quantitative estimate of drug-likeness (QED) is 0.656. The Balaban J connectivity index is 2.40. The molecular weight excluding hydrogens is 250 g/mol. The zero-order valence-electron chi connectivity index (χ0n) is 14.2. The van der Waals surface area contributed by atoms with Crippen molar-refractivity contribution in [2.75, 3.05) is 19.8 Å². The van der Waals surface area contributed by atoms with Gasteiger partial charge in [0, 0.05) is 6.04 Å². The minimum absolute atomic E-state index is 0.294. The van der Waals surface area contributed by atoms with Crippen molar-refractivity contribution < 1.29 is 9.47 Å². The van der Waals surface area contributed by atoms with Crippen LogP contribution in [0.5, 0.6) is 0 Å². The normalized spacial score (nSPS) is 27.4. The second-order valence-corrected chi connectivity index (χ2v) is 6.71. The number of ether oxygens (including phenoxy) is 2. The van der Waals surface area contributed by atoms with Gasteiger partial charge in [0.25, 0.3) is 0 Å². The lowest BCUT2D eigenvalue weighted by Gasteiger charge is -2.38. The largest absolute Gasteiger partial charge is 0.376 e. The van der Waals surface area contributed by atoms with Gasteiger partial charge in [-0.05, 0) is 57.9 Å². The average molecular weight is 285 g/mol. The third-order valence-corrected chi connectivity index (χ3v) is 4.30. The molecule has 3 heteroatoms. The molecule has 1 rings (SSSR count). The van der Waals surface area contributed by atoms with Crippen molar-refractivity contribution in [1.82, 2.24) is 5.32 Å². The highest BCUT2D eigenvalue weighted by Crippen LogP contribution is 2.31. The molecule has 3 nitrogen and oxygen atoms in total. The molecule has 1 N–H and O–H groups in total. The van der Waals surface area contributed by atoms with Crippen LogP contribution in [-0.2, 0) is 9.47 Å². The highest BCUT2D eigenvalue weighted by molar-refractivity contribution is 4.86. The molecule has 0 aromatic carbocycles. The van der Waals surface area contributed by atoms with Crippen LogP contribution in [0, 0.1) is 11.8 Å². The lowest BCUT2D eigenvalue weighted by molar-refractivity contribution is -0.0491. The van der Waals surface area contributed by atoms with Crippen molar-refractivity contribution in [1.29, 1.82) is 0 Å². The summed E-state index contributed by atoms with van der Waals surface area (Å²) < 4.78 is 11.7. The molecular formula is C17H35NO2. The Kier molecular flexibility index (Phi) is 8.74. The molecule has 120 valence electrons. The van der Waals surface area contributed by atoms with E-state index in [-0.39, 0.29) is 0 Å². The fourth-order valence-corrected chi connectivity index (χ4v) is 3.00. The Bertz CT molecular complexity index is 243. The van der Waals surface area contributed by atoms with E-state index in [0.717, 1.165) is 25.0 Å². The minimum Gasteiger partial charge on any atom is -0.376 e. The lowest BCUT2D eigenvalue weighted by Crippen LogP contribution is -2.47. The molecule has 3 atom stereocenters.